The summed E-state index contributed by atoms with van der Waals surface area (Å²) in [6.45, 7) is 1.85. The first-order valence-electron chi connectivity index (χ1n) is 7.78. The Balaban J connectivity index is 1.49. The number of imidazole rings is 1. The number of pyridine rings is 1. The Kier molecular flexibility index (Phi) is 3.74. The molecule has 124 valence electrons. The average Bonchev–Trinajstić information content (AvgIpc) is 3.32. The second kappa shape index (κ2) is 6.20. The van der Waals surface area contributed by atoms with Crippen molar-refractivity contribution in [3.8, 4) is 5.69 Å². The van der Waals surface area contributed by atoms with Crippen molar-refractivity contribution in [1.82, 2.24) is 24.1 Å². The van der Waals surface area contributed by atoms with Crippen LogP contribution in [0, 0.1) is 0 Å². The maximum Gasteiger partial charge on any atom is 0.338 e. The third-order valence-corrected chi connectivity index (χ3v) is 3.98. The van der Waals surface area contributed by atoms with Crippen LogP contribution in [-0.4, -0.2) is 30.1 Å². The van der Waals surface area contributed by atoms with Crippen LogP contribution in [0.4, 0.5) is 0 Å². The van der Waals surface area contributed by atoms with Crippen molar-refractivity contribution in [1.29, 1.82) is 0 Å². The van der Waals surface area contributed by atoms with Crippen LogP contribution in [0.2, 0.25) is 0 Å². The maximum absolute atomic E-state index is 12.4. The largest absolute Gasteiger partial charge is 0.454 e. The first-order valence-corrected chi connectivity index (χ1v) is 7.78. The summed E-state index contributed by atoms with van der Waals surface area (Å²) in [7, 11) is 0. The number of carbonyl (C=O) groups excluding carboxylic acids is 1. The van der Waals surface area contributed by atoms with E-state index in [9.17, 15) is 4.79 Å². The van der Waals surface area contributed by atoms with Crippen molar-refractivity contribution in [2.45, 2.75) is 13.0 Å². The summed E-state index contributed by atoms with van der Waals surface area (Å²) in [5, 5.41) is 4.08. The summed E-state index contributed by atoms with van der Waals surface area (Å²) >= 11 is 0. The first-order chi connectivity index (χ1) is 12.2. The van der Waals surface area contributed by atoms with E-state index in [-0.39, 0.29) is 12.1 Å². The minimum atomic E-state index is -0.364. The molecular formula is C18H15N5O2. The van der Waals surface area contributed by atoms with Crippen LogP contribution in [0.15, 0.2) is 67.8 Å². The van der Waals surface area contributed by atoms with Crippen LogP contribution in [0.25, 0.3) is 11.2 Å². The number of fused-ring (bicyclic) bond motifs is 1. The zero-order chi connectivity index (χ0) is 17.2. The molecule has 1 aromatic carbocycles. The third-order valence-electron chi connectivity index (χ3n) is 3.98. The van der Waals surface area contributed by atoms with Crippen molar-refractivity contribution in [2.75, 3.05) is 0 Å². The zero-order valence-corrected chi connectivity index (χ0v) is 13.5. The van der Waals surface area contributed by atoms with E-state index in [0.717, 1.165) is 16.8 Å². The lowest BCUT2D eigenvalue weighted by atomic mass is 10.1. The molecule has 0 unspecified atom stereocenters. The van der Waals surface area contributed by atoms with Gasteiger partial charge in [0.25, 0.3) is 0 Å². The second-order valence-corrected chi connectivity index (χ2v) is 5.62. The molecule has 4 aromatic rings. The Hall–Kier alpha value is -3.48. The molecule has 3 aromatic heterocycles. The van der Waals surface area contributed by atoms with E-state index < -0.39 is 0 Å². The highest BCUT2D eigenvalue weighted by atomic mass is 16.5. The van der Waals surface area contributed by atoms with Gasteiger partial charge < -0.3 is 9.14 Å². The van der Waals surface area contributed by atoms with E-state index in [2.05, 4.69) is 15.1 Å². The van der Waals surface area contributed by atoms with Gasteiger partial charge in [-0.15, -0.1) is 0 Å². The quantitative estimate of drug-likeness (QED) is 0.537. The molecule has 25 heavy (non-hydrogen) atoms. The van der Waals surface area contributed by atoms with Gasteiger partial charge in [-0.3, -0.25) is 0 Å². The number of ether oxygens (including phenoxy) is 1. The molecule has 0 saturated heterocycles. The number of carbonyl (C=O) groups is 1. The fourth-order valence-corrected chi connectivity index (χ4v) is 2.58. The monoisotopic (exact) mass is 333 g/mol. The summed E-state index contributed by atoms with van der Waals surface area (Å²) in [6, 6.07) is 11.1. The zero-order valence-electron chi connectivity index (χ0n) is 13.5. The molecule has 7 nitrogen and oxygen atoms in total. The van der Waals surface area contributed by atoms with E-state index >= 15 is 0 Å². The van der Waals surface area contributed by atoms with Gasteiger partial charge >= 0.3 is 5.97 Å². The minimum Gasteiger partial charge on any atom is -0.454 e. The molecule has 0 bridgehead atoms. The minimum absolute atomic E-state index is 0.363. The number of hydrogen-bond acceptors (Lipinski definition) is 5. The van der Waals surface area contributed by atoms with Crippen molar-refractivity contribution in [3.63, 3.8) is 0 Å². The lowest BCUT2D eigenvalue weighted by Gasteiger charge is -2.14. The SMILES string of the molecule is C[C@H](OC(=O)c1ccn2cncc2c1)c1ccc(-n2cncn2)cc1. The van der Waals surface area contributed by atoms with Gasteiger partial charge in [0.2, 0.25) is 0 Å². The normalized spacial score (nSPS) is 12.2. The van der Waals surface area contributed by atoms with E-state index in [1.54, 1.807) is 41.9 Å². The Bertz CT molecular complexity index is 1010. The molecular weight excluding hydrogens is 318 g/mol. The third kappa shape index (κ3) is 2.99. The number of esters is 1. The van der Waals surface area contributed by atoms with E-state index in [4.69, 9.17) is 4.74 Å². The molecule has 3 heterocycles. The Morgan fingerprint density at radius 2 is 1.96 bits per heavy atom. The van der Waals surface area contributed by atoms with Gasteiger partial charge in [-0.05, 0) is 36.8 Å². The van der Waals surface area contributed by atoms with Gasteiger partial charge in [-0.25, -0.2) is 19.4 Å². The Morgan fingerprint density at radius 1 is 1.12 bits per heavy atom. The lowest BCUT2D eigenvalue weighted by Crippen LogP contribution is -2.09. The predicted octanol–water partition coefficient (Wildman–Crippen LogP) is 2.83. The fourth-order valence-electron chi connectivity index (χ4n) is 2.58. The highest BCUT2D eigenvalue weighted by Crippen LogP contribution is 2.20. The summed E-state index contributed by atoms with van der Waals surface area (Å²) in [5.41, 5.74) is 3.15. The standard InChI is InChI=1S/C18H15N5O2/c1-13(14-2-4-16(5-3-14)23-12-20-10-21-23)25-18(24)15-6-7-22-11-19-9-17(22)8-15/h2-13H,1H3/t13-/m0/s1. The van der Waals surface area contributed by atoms with Gasteiger partial charge in [0.05, 0.1) is 29.3 Å². The molecule has 0 saturated carbocycles. The molecule has 0 aliphatic rings. The maximum atomic E-state index is 12.4. The van der Waals surface area contributed by atoms with Crippen molar-refractivity contribution < 1.29 is 9.53 Å². The molecule has 7 heteroatoms. The van der Waals surface area contributed by atoms with E-state index in [1.807, 2.05) is 35.6 Å². The van der Waals surface area contributed by atoms with Crippen LogP contribution in [-0.2, 0) is 4.74 Å². The molecule has 0 fully saturated rings. The molecule has 4 rings (SSSR count). The van der Waals surface area contributed by atoms with E-state index in [0.29, 0.717) is 5.56 Å². The Morgan fingerprint density at radius 3 is 2.72 bits per heavy atom. The van der Waals surface area contributed by atoms with Crippen LogP contribution in [0.5, 0.6) is 0 Å². The number of aromatic nitrogens is 5. The molecule has 0 spiro atoms. The van der Waals surface area contributed by atoms with Gasteiger partial charge in [0.1, 0.15) is 18.8 Å². The van der Waals surface area contributed by atoms with Gasteiger partial charge in [0.15, 0.2) is 0 Å². The number of nitrogens with zero attached hydrogens (tertiary/aromatic N) is 5. The number of rotatable bonds is 4. The van der Waals surface area contributed by atoms with Gasteiger partial charge in [0, 0.05) is 6.20 Å². The van der Waals surface area contributed by atoms with Crippen LogP contribution in [0.3, 0.4) is 0 Å². The van der Waals surface area contributed by atoms with Crippen molar-refractivity contribution in [2.24, 2.45) is 0 Å². The van der Waals surface area contributed by atoms with Gasteiger partial charge in [-0.2, -0.15) is 5.10 Å². The summed E-state index contributed by atoms with van der Waals surface area (Å²) in [4.78, 5) is 20.3. The van der Waals surface area contributed by atoms with Crippen LogP contribution < -0.4 is 0 Å². The highest BCUT2D eigenvalue weighted by molar-refractivity contribution is 5.90. The molecule has 0 aliphatic heterocycles. The van der Waals surface area contributed by atoms with Crippen molar-refractivity contribution in [3.05, 3.63) is 78.9 Å². The van der Waals surface area contributed by atoms with Crippen LogP contribution in [0.1, 0.15) is 28.9 Å². The summed E-state index contributed by atoms with van der Waals surface area (Å²) < 4.78 is 9.08. The smallest absolute Gasteiger partial charge is 0.338 e. The van der Waals surface area contributed by atoms with E-state index in [1.165, 1.54) is 6.33 Å². The van der Waals surface area contributed by atoms with Crippen molar-refractivity contribution >= 4 is 11.5 Å². The molecule has 0 aliphatic carbocycles. The van der Waals surface area contributed by atoms with Gasteiger partial charge in [-0.1, -0.05) is 12.1 Å². The number of benzene rings is 1. The summed E-state index contributed by atoms with van der Waals surface area (Å²) in [5.74, 6) is -0.364. The average molecular weight is 333 g/mol. The first kappa shape index (κ1) is 15.1. The molecule has 0 radical (unpaired) electrons. The topological polar surface area (TPSA) is 74.3 Å². The Labute approximate surface area is 143 Å². The molecule has 1 atom stereocenters. The molecule has 0 amide bonds. The fraction of sp³-hybridized carbons (Fsp3) is 0.111. The lowest BCUT2D eigenvalue weighted by molar-refractivity contribution is 0.0338. The second-order valence-electron chi connectivity index (χ2n) is 5.62. The summed E-state index contributed by atoms with van der Waals surface area (Å²) in [6.07, 6.45) is 7.92. The highest BCUT2D eigenvalue weighted by Gasteiger charge is 2.14. The van der Waals surface area contributed by atoms with Crippen LogP contribution >= 0.6 is 0 Å². The predicted molar refractivity (Wildman–Crippen MR) is 90.4 cm³/mol. The number of hydrogen-bond donors (Lipinski definition) is 0. The molecule has 0 N–H and O–H groups in total.